The highest BCUT2D eigenvalue weighted by molar-refractivity contribution is 8.00. The number of amides is 2. The van der Waals surface area contributed by atoms with Crippen molar-refractivity contribution < 1.29 is 9.59 Å². The fourth-order valence-electron chi connectivity index (χ4n) is 3.61. The number of benzene rings is 3. The van der Waals surface area contributed by atoms with Crippen molar-refractivity contribution >= 4 is 46.6 Å². The minimum atomic E-state index is -0.254. The minimum absolute atomic E-state index is 0.0907. The summed E-state index contributed by atoms with van der Waals surface area (Å²) in [5, 5.41) is 3.20. The third-order valence-electron chi connectivity index (χ3n) is 4.92. The monoisotopic (exact) mass is 436 g/mol. The summed E-state index contributed by atoms with van der Waals surface area (Å²) in [5.41, 5.74) is 5.30. The molecule has 1 saturated heterocycles. The van der Waals surface area contributed by atoms with E-state index in [0.29, 0.717) is 22.0 Å². The molecule has 0 bridgehead atoms. The topological polar surface area (TPSA) is 49.4 Å². The predicted molar refractivity (Wildman–Crippen MR) is 124 cm³/mol. The molecule has 1 N–H and O–H groups in total. The van der Waals surface area contributed by atoms with Crippen molar-refractivity contribution in [3.8, 4) is 0 Å². The molecule has 2 amide bonds. The summed E-state index contributed by atoms with van der Waals surface area (Å²) in [6.07, 6.45) is 0. The van der Waals surface area contributed by atoms with Crippen molar-refractivity contribution in [3.63, 3.8) is 0 Å². The molecule has 1 atom stereocenters. The van der Waals surface area contributed by atoms with Gasteiger partial charge in [-0.05, 0) is 66.9 Å². The molecular weight excluding hydrogens is 416 g/mol. The summed E-state index contributed by atoms with van der Waals surface area (Å²) < 4.78 is 0. The molecule has 0 spiro atoms. The molecule has 4 rings (SSSR count). The SMILES string of the molecule is Cc1cc(C)cc(N2C(=O)CS[C@H]2c2ccc(NC(=O)c3ccccc3Cl)cc2)c1. The maximum atomic E-state index is 12.6. The van der Waals surface area contributed by atoms with Crippen molar-refractivity contribution in [3.05, 3.63) is 94.0 Å². The average Bonchev–Trinajstić information content (AvgIpc) is 3.09. The number of anilines is 2. The van der Waals surface area contributed by atoms with E-state index in [1.54, 1.807) is 36.0 Å². The highest BCUT2D eigenvalue weighted by Crippen LogP contribution is 2.42. The lowest BCUT2D eigenvalue weighted by Crippen LogP contribution is -2.28. The van der Waals surface area contributed by atoms with Gasteiger partial charge in [0.15, 0.2) is 0 Å². The number of carbonyl (C=O) groups excluding carboxylic acids is 2. The fraction of sp³-hybridized carbons (Fsp3) is 0.167. The summed E-state index contributed by atoms with van der Waals surface area (Å²) in [6, 6.07) is 20.7. The van der Waals surface area contributed by atoms with Gasteiger partial charge in [-0.25, -0.2) is 0 Å². The lowest BCUT2D eigenvalue weighted by atomic mass is 10.1. The average molecular weight is 437 g/mol. The smallest absolute Gasteiger partial charge is 0.257 e. The van der Waals surface area contributed by atoms with Crippen LogP contribution >= 0.6 is 23.4 Å². The van der Waals surface area contributed by atoms with Crippen LogP contribution < -0.4 is 10.2 Å². The van der Waals surface area contributed by atoms with E-state index >= 15 is 0 Å². The van der Waals surface area contributed by atoms with E-state index in [-0.39, 0.29) is 17.2 Å². The number of halogens is 1. The first-order valence-electron chi connectivity index (χ1n) is 9.60. The largest absolute Gasteiger partial charge is 0.322 e. The Bertz CT molecular complexity index is 1090. The second-order valence-electron chi connectivity index (χ2n) is 7.33. The second kappa shape index (κ2) is 8.54. The fourth-order valence-corrected chi connectivity index (χ4v) is 5.01. The maximum Gasteiger partial charge on any atom is 0.257 e. The van der Waals surface area contributed by atoms with Crippen LogP contribution in [-0.4, -0.2) is 17.6 Å². The van der Waals surface area contributed by atoms with Crippen LogP contribution in [0.25, 0.3) is 0 Å². The van der Waals surface area contributed by atoms with Gasteiger partial charge in [-0.1, -0.05) is 41.9 Å². The zero-order chi connectivity index (χ0) is 21.3. The van der Waals surface area contributed by atoms with Crippen LogP contribution in [0.15, 0.2) is 66.7 Å². The van der Waals surface area contributed by atoms with Gasteiger partial charge >= 0.3 is 0 Å². The van der Waals surface area contributed by atoms with Gasteiger partial charge in [0.05, 0.1) is 16.3 Å². The number of nitrogens with zero attached hydrogens (tertiary/aromatic N) is 1. The Morgan fingerprint density at radius 2 is 1.70 bits per heavy atom. The van der Waals surface area contributed by atoms with E-state index in [4.69, 9.17) is 11.6 Å². The van der Waals surface area contributed by atoms with Crippen LogP contribution in [0.2, 0.25) is 5.02 Å². The summed E-state index contributed by atoms with van der Waals surface area (Å²) in [7, 11) is 0. The summed E-state index contributed by atoms with van der Waals surface area (Å²) in [6.45, 7) is 4.07. The Labute approximate surface area is 185 Å². The molecule has 152 valence electrons. The first-order valence-corrected chi connectivity index (χ1v) is 11.0. The number of thioether (sulfide) groups is 1. The first kappa shape index (κ1) is 20.5. The third-order valence-corrected chi connectivity index (χ3v) is 6.47. The molecule has 1 fully saturated rings. The van der Waals surface area contributed by atoms with Crippen LogP contribution in [-0.2, 0) is 4.79 Å². The van der Waals surface area contributed by atoms with Crippen LogP contribution in [0.5, 0.6) is 0 Å². The number of carbonyl (C=O) groups is 2. The van der Waals surface area contributed by atoms with E-state index < -0.39 is 0 Å². The Morgan fingerprint density at radius 3 is 2.37 bits per heavy atom. The van der Waals surface area contributed by atoms with Gasteiger partial charge < -0.3 is 5.32 Å². The van der Waals surface area contributed by atoms with Crippen LogP contribution in [0.4, 0.5) is 11.4 Å². The standard InChI is InChI=1S/C24H21ClN2O2S/c1-15-11-16(2)13-19(12-15)27-22(28)14-30-24(27)17-7-9-18(10-8-17)26-23(29)20-5-3-4-6-21(20)25/h3-13,24H,14H2,1-2H3,(H,26,29)/t24-/m0/s1. The quantitative estimate of drug-likeness (QED) is 0.546. The molecule has 0 saturated carbocycles. The Hall–Kier alpha value is -2.76. The molecule has 6 heteroatoms. The van der Waals surface area contributed by atoms with Crippen LogP contribution in [0.1, 0.15) is 32.4 Å². The number of hydrogen-bond donors (Lipinski definition) is 1. The molecule has 0 aromatic heterocycles. The number of hydrogen-bond acceptors (Lipinski definition) is 3. The van der Waals surface area contributed by atoms with E-state index in [1.165, 1.54) is 0 Å². The molecule has 1 aliphatic rings. The summed E-state index contributed by atoms with van der Waals surface area (Å²) in [4.78, 5) is 26.9. The van der Waals surface area contributed by atoms with Gasteiger partial charge in [0, 0.05) is 11.4 Å². The predicted octanol–water partition coefficient (Wildman–Crippen LogP) is 5.99. The molecule has 30 heavy (non-hydrogen) atoms. The lowest BCUT2D eigenvalue weighted by Gasteiger charge is -2.25. The van der Waals surface area contributed by atoms with Crippen molar-refractivity contribution in [1.29, 1.82) is 0 Å². The van der Waals surface area contributed by atoms with Crippen LogP contribution in [0, 0.1) is 13.8 Å². The highest BCUT2D eigenvalue weighted by Gasteiger charge is 2.34. The minimum Gasteiger partial charge on any atom is -0.322 e. The first-order chi connectivity index (χ1) is 14.4. The zero-order valence-electron chi connectivity index (χ0n) is 16.7. The van der Waals surface area contributed by atoms with E-state index in [1.807, 2.05) is 55.1 Å². The van der Waals surface area contributed by atoms with Crippen LogP contribution in [0.3, 0.4) is 0 Å². The molecule has 1 aliphatic heterocycles. The highest BCUT2D eigenvalue weighted by atomic mass is 35.5. The molecular formula is C24H21ClN2O2S. The number of nitrogens with one attached hydrogen (secondary N) is 1. The Morgan fingerprint density at radius 1 is 1.03 bits per heavy atom. The summed E-state index contributed by atoms with van der Waals surface area (Å²) >= 11 is 7.71. The van der Waals surface area contributed by atoms with Crippen molar-refractivity contribution in [2.75, 3.05) is 16.0 Å². The number of rotatable bonds is 4. The van der Waals surface area contributed by atoms with Gasteiger partial charge in [0.1, 0.15) is 5.37 Å². The van der Waals surface area contributed by atoms with Crippen molar-refractivity contribution in [2.24, 2.45) is 0 Å². The molecule has 0 unspecified atom stereocenters. The van der Waals surface area contributed by atoms with E-state index in [9.17, 15) is 9.59 Å². The Kier molecular flexibility index (Phi) is 5.84. The lowest BCUT2D eigenvalue weighted by molar-refractivity contribution is -0.115. The molecule has 1 heterocycles. The van der Waals surface area contributed by atoms with E-state index in [2.05, 4.69) is 11.4 Å². The number of aryl methyl sites for hydroxylation is 2. The normalized spacial score (nSPS) is 16.0. The van der Waals surface area contributed by atoms with Gasteiger partial charge in [-0.2, -0.15) is 0 Å². The second-order valence-corrected chi connectivity index (χ2v) is 8.80. The summed E-state index contributed by atoms with van der Waals surface area (Å²) in [5.74, 6) is 0.296. The molecule has 3 aromatic rings. The molecule has 3 aromatic carbocycles. The van der Waals surface area contributed by atoms with Crippen molar-refractivity contribution in [1.82, 2.24) is 0 Å². The zero-order valence-corrected chi connectivity index (χ0v) is 18.3. The van der Waals surface area contributed by atoms with Gasteiger partial charge in [0.2, 0.25) is 5.91 Å². The molecule has 4 nitrogen and oxygen atoms in total. The molecule has 0 radical (unpaired) electrons. The molecule has 0 aliphatic carbocycles. The maximum absolute atomic E-state index is 12.6. The van der Waals surface area contributed by atoms with Gasteiger partial charge in [0.25, 0.3) is 5.91 Å². The Balaban J connectivity index is 1.55. The van der Waals surface area contributed by atoms with E-state index in [0.717, 1.165) is 22.4 Å². The van der Waals surface area contributed by atoms with Gasteiger partial charge in [-0.3, -0.25) is 14.5 Å². The van der Waals surface area contributed by atoms with Gasteiger partial charge in [-0.15, -0.1) is 11.8 Å². The van der Waals surface area contributed by atoms with Crippen molar-refractivity contribution in [2.45, 2.75) is 19.2 Å². The third kappa shape index (κ3) is 4.23.